The fraction of sp³-hybridized carbons (Fsp3) is 0.375. The first-order chi connectivity index (χ1) is 5.36. The highest BCUT2D eigenvalue weighted by atomic mass is 16.5. The van der Waals surface area contributed by atoms with Gasteiger partial charge in [-0.15, -0.1) is 0 Å². The molecule has 60 valence electrons. The van der Waals surface area contributed by atoms with Gasteiger partial charge in [0, 0.05) is 14.2 Å². The normalized spacial score (nSPS) is 9.64. The van der Waals surface area contributed by atoms with E-state index in [0.29, 0.717) is 6.61 Å². The number of nitrogens with one attached hydrogen (secondary N) is 1. The van der Waals surface area contributed by atoms with Crippen LogP contribution in [-0.2, 0) is 11.3 Å². The van der Waals surface area contributed by atoms with Crippen LogP contribution in [0.15, 0.2) is 18.3 Å². The van der Waals surface area contributed by atoms with Gasteiger partial charge in [0.05, 0.1) is 24.2 Å². The molecule has 0 saturated heterocycles. The Labute approximate surface area is 66.4 Å². The summed E-state index contributed by atoms with van der Waals surface area (Å²) in [4.78, 5) is 4.15. The average Bonchev–Trinajstić information content (AvgIpc) is 2.07. The van der Waals surface area contributed by atoms with Crippen molar-refractivity contribution in [3.05, 3.63) is 24.0 Å². The minimum atomic E-state index is 0.573. The van der Waals surface area contributed by atoms with Crippen LogP contribution in [0.25, 0.3) is 0 Å². The van der Waals surface area contributed by atoms with E-state index in [-0.39, 0.29) is 0 Å². The van der Waals surface area contributed by atoms with Crippen LogP contribution in [0.4, 0.5) is 5.69 Å². The summed E-state index contributed by atoms with van der Waals surface area (Å²) in [5.74, 6) is 0. The van der Waals surface area contributed by atoms with Crippen molar-refractivity contribution in [2.45, 2.75) is 6.61 Å². The molecule has 0 spiro atoms. The largest absolute Gasteiger partial charge is 0.387 e. The maximum Gasteiger partial charge on any atom is 0.0884 e. The molecule has 1 rings (SSSR count). The van der Waals surface area contributed by atoms with Crippen LogP contribution in [-0.4, -0.2) is 19.1 Å². The number of hydrogen-bond donors (Lipinski definition) is 1. The molecule has 0 aliphatic heterocycles. The molecule has 3 nitrogen and oxygen atoms in total. The molecule has 0 aromatic carbocycles. The van der Waals surface area contributed by atoms with Gasteiger partial charge in [-0.05, 0) is 12.1 Å². The van der Waals surface area contributed by atoms with E-state index in [9.17, 15) is 0 Å². The molecule has 0 saturated carbocycles. The second kappa shape index (κ2) is 3.93. The Balaban J connectivity index is 2.66. The molecule has 0 atom stereocenters. The minimum Gasteiger partial charge on any atom is -0.387 e. The lowest BCUT2D eigenvalue weighted by molar-refractivity contribution is 0.181. The smallest absolute Gasteiger partial charge is 0.0884 e. The Morgan fingerprint density at radius 3 is 2.82 bits per heavy atom. The summed E-state index contributed by atoms with van der Waals surface area (Å²) in [6.45, 7) is 0.573. The molecule has 0 unspecified atom stereocenters. The molecule has 1 heterocycles. The van der Waals surface area contributed by atoms with Crippen molar-refractivity contribution < 1.29 is 4.74 Å². The second-order valence-corrected chi connectivity index (χ2v) is 2.22. The Morgan fingerprint density at radius 2 is 2.36 bits per heavy atom. The fourth-order valence-electron chi connectivity index (χ4n) is 0.806. The van der Waals surface area contributed by atoms with Crippen molar-refractivity contribution in [2.75, 3.05) is 19.5 Å². The number of pyridine rings is 1. The Hall–Kier alpha value is -1.09. The van der Waals surface area contributed by atoms with E-state index < -0.39 is 0 Å². The number of methoxy groups -OCH3 is 1. The lowest BCUT2D eigenvalue weighted by Crippen LogP contribution is -1.93. The van der Waals surface area contributed by atoms with Gasteiger partial charge >= 0.3 is 0 Å². The van der Waals surface area contributed by atoms with Gasteiger partial charge in [-0.3, -0.25) is 4.98 Å². The van der Waals surface area contributed by atoms with Crippen LogP contribution in [0.2, 0.25) is 0 Å². The number of ether oxygens (including phenoxy) is 1. The van der Waals surface area contributed by atoms with Gasteiger partial charge in [0.1, 0.15) is 0 Å². The molecule has 3 heteroatoms. The van der Waals surface area contributed by atoms with Crippen molar-refractivity contribution in [2.24, 2.45) is 0 Å². The van der Waals surface area contributed by atoms with Crippen molar-refractivity contribution >= 4 is 5.69 Å². The molecule has 0 bridgehead atoms. The maximum absolute atomic E-state index is 4.92. The van der Waals surface area contributed by atoms with E-state index in [1.165, 1.54) is 0 Å². The third-order valence-corrected chi connectivity index (χ3v) is 1.41. The zero-order valence-corrected chi connectivity index (χ0v) is 6.79. The number of hydrogen-bond acceptors (Lipinski definition) is 3. The molecule has 0 aliphatic rings. The first kappa shape index (κ1) is 8.01. The van der Waals surface area contributed by atoms with E-state index in [2.05, 4.69) is 10.3 Å². The lowest BCUT2D eigenvalue weighted by Gasteiger charge is -2.00. The van der Waals surface area contributed by atoms with E-state index in [1.54, 1.807) is 13.3 Å². The standard InChI is InChI=1S/C8H12N2O/c1-9-7-3-4-8(6-11-2)10-5-7/h3-5,9H,6H2,1-2H3. The van der Waals surface area contributed by atoms with Gasteiger partial charge in [0.25, 0.3) is 0 Å². The first-order valence-corrected chi connectivity index (χ1v) is 3.48. The molecule has 0 radical (unpaired) electrons. The molecule has 0 aliphatic carbocycles. The summed E-state index contributed by atoms with van der Waals surface area (Å²) in [6.07, 6.45) is 1.79. The van der Waals surface area contributed by atoms with Gasteiger partial charge < -0.3 is 10.1 Å². The monoisotopic (exact) mass is 152 g/mol. The zero-order chi connectivity index (χ0) is 8.10. The summed E-state index contributed by atoms with van der Waals surface area (Å²) >= 11 is 0. The highest BCUT2D eigenvalue weighted by molar-refractivity contribution is 5.39. The third-order valence-electron chi connectivity index (χ3n) is 1.41. The molecule has 0 fully saturated rings. The summed E-state index contributed by atoms with van der Waals surface area (Å²) in [7, 11) is 3.53. The Bertz CT molecular complexity index is 208. The van der Waals surface area contributed by atoms with Crippen LogP contribution in [0, 0.1) is 0 Å². The van der Waals surface area contributed by atoms with Crippen LogP contribution < -0.4 is 5.32 Å². The van der Waals surface area contributed by atoms with Crippen molar-refractivity contribution in [3.63, 3.8) is 0 Å². The number of aromatic nitrogens is 1. The highest BCUT2D eigenvalue weighted by Gasteiger charge is 1.91. The number of rotatable bonds is 3. The summed E-state index contributed by atoms with van der Waals surface area (Å²) in [5, 5.41) is 2.99. The number of nitrogens with zero attached hydrogens (tertiary/aromatic N) is 1. The molecule has 1 aromatic heterocycles. The van der Waals surface area contributed by atoms with Crippen LogP contribution in [0.5, 0.6) is 0 Å². The van der Waals surface area contributed by atoms with Crippen LogP contribution in [0.1, 0.15) is 5.69 Å². The summed E-state index contributed by atoms with van der Waals surface area (Å²) in [6, 6.07) is 3.91. The molecular formula is C8H12N2O. The summed E-state index contributed by atoms with van der Waals surface area (Å²) in [5.41, 5.74) is 1.97. The lowest BCUT2D eigenvalue weighted by atomic mass is 10.3. The van der Waals surface area contributed by atoms with E-state index in [0.717, 1.165) is 11.4 Å². The zero-order valence-electron chi connectivity index (χ0n) is 6.79. The van der Waals surface area contributed by atoms with Crippen molar-refractivity contribution in [1.29, 1.82) is 0 Å². The minimum absolute atomic E-state index is 0.573. The molecule has 11 heavy (non-hydrogen) atoms. The van der Waals surface area contributed by atoms with E-state index in [1.807, 2.05) is 19.2 Å². The van der Waals surface area contributed by atoms with Gasteiger partial charge in [-0.25, -0.2) is 0 Å². The van der Waals surface area contributed by atoms with Crippen molar-refractivity contribution in [1.82, 2.24) is 4.98 Å². The fourth-order valence-corrected chi connectivity index (χ4v) is 0.806. The Kier molecular flexibility index (Phi) is 2.86. The van der Waals surface area contributed by atoms with E-state index >= 15 is 0 Å². The predicted octanol–water partition coefficient (Wildman–Crippen LogP) is 1.27. The van der Waals surface area contributed by atoms with Gasteiger partial charge in [-0.1, -0.05) is 0 Å². The van der Waals surface area contributed by atoms with Gasteiger partial charge in [-0.2, -0.15) is 0 Å². The second-order valence-electron chi connectivity index (χ2n) is 2.22. The average molecular weight is 152 g/mol. The molecule has 0 amide bonds. The molecular weight excluding hydrogens is 140 g/mol. The summed E-state index contributed by atoms with van der Waals surface area (Å²) < 4.78 is 4.92. The predicted molar refractivity (Wildman–Crippen MR) is 44.5 cm³/mol. The van der Waals surface area contributed by atoms with Crippen LogP contribution >= 0.6 is 0 Å². The SMILES string of the molecule is CNc1ccc(COC)nc1. The highest BCUT2D eigenvalue weighted by Crippen LogP contribution is 2.04. The topological polar surface area (TPSA) is 34.1 Å². The van der Waals surface area contributed by atoms with Gasteiger partial charge in [0.15, 0.2) is 0 Å². The quantitative estimate of drug-likeness (QED) is 0.708. The first-order valence-electron chi connectivity index (χ1n) is 3.48. The van der Waals surface area contributed by atoms with E-state index in [4.69, 9.17) is 4.74 Å². The molecule has 1 aromatic rings. The van der Waals surface area contributed by atoms with Crippen molar-refractivity contribution in [3.8, 4) is 0 Å². The van der Waals surface area contributed by atoms with Gasteiger partial charge in [0.2, 0.25) is 0 Å². The third kappa shape index (κ3) is 2.20. The van der Waals surface area contributed by atoms with Crippen LogP contribution in [0.3, 0.4) is 0 Å². The molecule has 1 N–H and O–H groups in total. The maximum atomic E-state index is 4.92. The Morgan fingerprint density at radius 1 is 1.55 bits per heavy atom. The number of anilines is 1.